The van der Waals surface area contributed by atoms with E-state index in [-0.39, 0.29) is 17.7 Å². The molecule has 0 aliphatic carbocycles. The third kappa shape index (κ3) is 6.88. The van der Waals surface area contributed by atoms with Crippen molar-refractivity contribution in [1.82, 2.24) is 10.6 Å². The molecule has 1 aliphatic heterocycles. The van der Waals surface area contributed by atoms with E-state index >= 15 is 0 Å². The van der Waals surface area contributed by atoms with Gasteiger partial charge in [0.25, 0.3) is 0 Å². The van der Waals surface area contributed by atoms with Crippen LogP contribution in [0.25, 0.3) is 0 Å². The second kappa shape index (κ2) is 8.78. The predicted molar refractivity (Wildman–Crippen MR) is 63.5 cm³/mol. The van der Waals surface area contributed by atoms with Crippen molar-refractivity contribution in [3.05, 3.63) is 0 Å². The zero-order chi connectivity index (χ0) is 12.4. The van der Waals surface area contributed by atoms with Crippen LogP contribution in [-0.4, -0.2) is 25.4 Å². The quantitative estimate of drug-likeness (QED) is 0.678. The molecule has 0 aromatic carbocycles. The van der Waals surface area contributed by atoms with E-state index in [0.717, 1.165) is 13.0 Å². The molecule has 0 bridgehead atoms. The molecular weight excluding hydrogens is 204 g/mol. The van der Waals surface area contributed by atoms with Crippen LogP contribution in [0.2, 0.25) is 0 Å². The van der Waals surface area contributed by atoms with Crippen molar-refractivity contribution in [3.63, 3.8) is 0 Å². The molecule has 1 unspecified atom stereocenters. The van der Waals surface area contributed by atoms with Crippen molar-refractivity contribution in [2.24, 2.45) is 5.92 Å². The molecule has 16 heavy (non-hydrogen) atoms. The van der Waals surface area contributed by atoms with Crippen LogP contribution in [0.4, 0.5) is 0 Å². The van der Waals surface area contributed by atoms with Gasteiger partial charge in [0.15, 0.2) is 0 Å². The number of hydrogen-bond acceptors (Lipinski definition) is 2. The van der Waals surface area contributed by atoms with E-state index in [9.17, 15) is 9.59 Å². The van der Waals surface area contributed by atoms with Gasteiger partial charge >= 0.3 is 0 Å². The number of amides is 2. The molecule has 1 rings (SSSR count). The van der Waals surface area contributed by atoms with Crippen molar-refractivity contribution < 1.29 is 9.59 Å². The summed E-state index contributed by atoms with van der Waals surface area (Å²) in [7, 11) is 1.65. The average Bonchev–Trinajstić information content (AvgIpc) is 2.66. The first kappa shape index (κ1) is 14.5. The molecule has 4 nitrogen and oxygen atoms in total. The molecule has 1 heterocycles. The van der Waals surface area contributed by atoms with E-state index in [1.807, 2.05) is 6.92 Å². The van der Waals surface area contributed by atoms with Crippen molar-refractivity contribution >= 4 is 11.8 Å². The van der Waals surface area contributed by atoms with E-state index in [1.165, 1.54) is 0 Å². The third-order valence-electron chi connectivity index (χ3n) is 2.08. The summed E-state index contributed by atoms with van der Waals surface area (Å²) in [5, 5.41) is 5.24. The van der Waals surface area contributed by atoms with Crippen LogP contribution in [0.15, 0.2) is 0 Å². The normalized spacial score (nSPS) is 17.4. The lowest BCUT2D eigenvalue weighted by Gasteiger charge is -1.91. The van der Waals surface area contributed by atoms with Crippen LogP contribution in [0.3, 0.4) is 0 Å². The van der Waals surface area contributed by atoms with Gasteiger partial charge in [0.05, 0.1) is 0 Å². The molecule has 90 valence electrons. The Morgan fingerprint density at radius 2 is 2.31 bits per heavy atom. The maximum Gasteiger partial charge on any atom is 0.221 e. The molecule has 0 aromatic heterocycles. The summed E-state index contributed by atoms with van der Waals surface area (Å²) in [5.74, 6) is 6.25. The Morgan fingerprint density at radius 1 is 1.62 bits per heavy atom. The van der Waals surface area contributed by atoms with Gasteiger partial charge in [0.2, 0.25) is 11.8 Å². The molecule has 0 saturated carbocycles. The zero-order valence-corrected chi connectivity index (χ0v) is 10.2. The summed E-state index contributed by atoms with van der Waals surface area (Å²) in [5.41, 5.74) is 0. The minimum atomic E-state index is 0.127. The van der Waals surface area contributed by atoms with Gasteiger partial charge in [-0.2, -0.15) is 0 Å². The van der Waals surface area contributed by atoms with E-state index in [0.29, 0.717) is 12.8 Å². The van der Waals surface area contributed by atoms with Gasteiger partial charge in [0, 0.05) is 32.4 Å². The van der Waals surface area contributed by atoms with Crippen LogP contribution in [0, 0.1) is 17.8 Å². The highest BCUT2D eigenvalue weighted by Crippen LogP contribution is 2.05. The molecular formula is C12H20N2O2. The second-order valence-electron chi connectivity index (χ2n) is 3.52. The van der Waals surface area contributed by atoms with Crippen LogP contribution in [0.5, 0.6) is 0 Å². The summed E-state index contributed by atoms with van der Waals surface area (Å²) in [6.07, 6.45) is 2.16. The molecule has 1 saturated heterocycles. The Kier molecular flexibility index (Phi) is 7.96. The summed E-state index contributed by atoms with van der Waals surface area (Å²) in [6, 6.07) is 0. The first-order valence-corrected chi connectivity index (χ1v) is 5.53. The van der Waals surface area contributed by atoms with Crippen LogP contribution in [0.1, 0.15) is 33.1 Å². The lowest BCUT2D eigenvalue weighted by atomic mass is 10.1. The minimum Gasteiger partial charge on any atom is -0.359 e. The third-order valence-corrected chi connectivity index (χ3v) is 2.08. The first-order valence-electron chi connectivity index (χ1n) is 5.53. The maximum absolute atomic E-state index is 10.5. The standard InChI is InChI=1S/C7H9NO.C5H11NO/c1-2-3-6-4-7(9)8-5-6;1-3-4-5(7)6-2/h6H,4-5H2,1H3,(H,8,9);3-4H2,1-2H3,(H,6,7). The summed E-state index contributed by atoms with van der Waals surface area (Å²) in [4.78, 5) is 20.9. The Hall–Kier alpha value is -1.50. The van der Waals surface area contributed by atoms with Crippen LogP contribution in [-0.2, 0) is 9.59 Å². The first-order chi connectivity index (χ1) is 7.63. The maximum atomic E-state index is 10.5. The Morgan fingerprint density at radius 3 is 2.62 bits per heavy atom. The molecule has 0 spiro atoms. The lowest BCUT2D eigenvalue weighted by Crippen LogP contribution is -2.16. The van der Waals surface area contributed by atoms with E-state index in [2.05, 4.69) is 22.5 Å². The zero-order valence-electron chi connectivity index (χ0n) is 10.2. The van der Waals surface area contributed by atoms with Crippen LogP contribution < -0.4 is 10.6 Å². The number of hydrogen-bond donors (Lipinski definition) is 2. The van der Waals surface area contributed by atoms with Gasteiger partial charge in [-0.05, 0) is 13.3 Å². The molecule has 1 atom stereocenters. The summed E-state index contributed by atoms with van der Waals surface area (Å²) in [6.45, 7) is 4.51. The fourth-order valence-corrected chi connectivity index (χ4v) is 1.26. The second-order valence-corrected chi connectivity index (χ2v) is 3.52. The van der Waals surface area contributed by atoms with Gasteiger partial charge in [-0.25, -0.2) is 0 Å². The lowest BCUT2D eigenvalue weighted by molar-refractivity contribution is -0.121. The molecule has 2 amide bonds. The Bertz CT molecular complexity index is 289. The smallest absolute Gasteiger partial charge is 0.221 e. The topological polar surface area (TPSA) is 58.2 Å². The highest BCUT2D eigenvalue weighted by atomic mass is 16.2. The van der Waals surface area contributed by atoms with E-state index in [4.69, 9.17) is 0 Å². The number of carbonyl (C=O) groups is 2. The summed E-state index contributed by atoms with van der Waals surface area (Å²) >= 11 is 0. The fraction of sp³-hybridized carbons (Fsp3) is 0.667. The van der Waals surface area contributed by atoms with Crippen LogP contribution >= 0.6 is 0 Å². The molecule has 2 N–H and O–H groups in total. The number of carbonyl (C=O) groups excluding carboxylic acids is 2. The van der Waals surface area contributed by atoms with Crippen molar-refractivity contribution in [2.45, 2.75) is 33.1 Å². The number of rotatable bonds is 2. The minimum absolute atomic E-state index is 0.127. The molecule has 1 fully saturated rings. The van der Waals surface area contributed by atoms with Gasteiger partial charge < -0.3 is 10.6 Å². The highest BCUT2D eigenvalue weighted by Gasteiger charge is 2.18. The summed E-state index contributed by atoms with van der Waals surface area (Å²) < 4.78 is 0. The monoisotopic (exact) mass is 224 g/mol. The van der Waals surface area contributed by atoms with E-state index < -0.39 is 0 Å². The van der Waals surface area contributed by atoms with Crippen molar-refractivity contribution in [2.75, 3.05) is 13.6 Å². The SMILES string of the molecule is CC#CC1CNC(=O)C1.CCCC(=O)NC. The fourth-order valence-electron chi connectivity index (χ4n) is 1.26. The van der Waals surface area contributed by atoms with Gasteiger partial charge in [-0.3, -0.25) is 9.59 Å². The van der Waals surface area contributed by atoms with E-state index in [1.54, 1.807) is 14.0 Å². The Balaban J connectivity index is 0.000000293. The molecule has 0 aromatic rings. The van der Waals surface area contributed by atoms with Gasteiger partial charge in [-0.1, -0.05) is 12.8 Å². The highest BCUT2D eigenvalue weighted by molar-refractivity contribution is 5.78. The number of nitrogens with one attached hydrogen (secondary N) is 2. The average molecular weight is 224 g/mol. The Labute approximate surface area is 97.2 Å². The largest absolute Gasteiger partial charge is 0.359 e. The molecule has 4 heteroatoms. The predicted octanol–water partition coefficient (Wildman–Crippen LogP) is 0.678. The van der Waals surface area contributed by atoms with Gasteiger partial charge in [-0.15, -0.1) is 5.92 Å². The van der Waals surface area contributed by atoms with Crippen molar-refractivity contribution in [3.8, 4) is 11.8 Å². The van der Waals surface area contributed by atoms with Crippen molar-refractivity contribution in [1.29, 1.82) is 0 Å². The van der Waals surface area contributed by atoms with Gasteiger partial charge in [0.1, 0.15) is 0 Å². The molecule has 1 aliphatic rings. The molecule has 0 radical (unpaired) electrons.